The monoisotopic (exact) mass is 378 g/mol. The number of methoxy groups -OCH3 is 2. The minimum atomic E-state index is -0.300. The van der Waals surface area contributed by atoms with Gasteiger partial charge >= 0.3 is 0 Å². The molecule has 2 aliphatic rings. The molecule has 1 amide bonds. The minimum absolute atomic E-state index is 0.0138. The highest BCUT2D eigenvalue weighted by Crippen LogP contribution is 2.45. The molecular formula is C21H31FN2O3. The zero-order chi connectivity index (χ0) is 19.4. The van der Waals surface area contributed by atoms with Gasteiger partial charge in [0, 0.05) is 58.4 Å². The summed E-state index contributed by atoms with van der Waals surface area (Å²) in [5, 5.41) is 0. The fraction of sp³-hybridized carbons (Fsp3) is 0.667. The maximum atomic E-state index is 13.3. The number of piperidine rings is 1. The predicted octanol–water partition coefficient (Wildman–Crippen LogP) is 2.58. The number of aryl methyl sites for hydroxylation is 1. The van der Waals surface area contributed by atoms with Gasteiger partial charge in [-0.05, 0) is 48.9 Å². The molecule has 0 N–H and O–H groups in total. The van der Waals surface area contributed by atoms with Crippen LogP contribution >= 0.6 is 0 Å². The highest BCUT2D eigenvalue weighted by molar-refractivity contribution is 5.95. The van der Waals surface area contributed by atoms with Crippen molar-refractivity contribution >= 4 is 5.91 Å². The van der Waals surface area contributed by atoms with Crippen LogP contribution in [0.2, 0.25) is 0 Å². The minimum Gasteiger partial charge on any atom is -0.384 e. The molecule has 0 radical (unpaired) electrons. The van der Waals surface area contributed by atoms with E-state index in [-0.39, 0.29) is 17.1 Å². The summed E-state index contributed by atoms with van der Waals surface area (Å²) in [5.74, 6) is 0.204. The molecule has 1 atom stereocenters. The Morgan fingerprint density at radius 3 is 2.63 bits per heavy atom. The van der Waals surface area contributed by atoms with Crippen molar-refractivity contribution in [3.8, 4) is 0 Å². The molecule has 1 spiro atoms. The normalized spacial score (nSPS) is 22.5. The van der Waals surface area contributed by atoms with E-state index in [9.17, 15) is 9.18 Å². The van der Waals surface area contributed by atoms with Gasteiger partial charge in [-0.3, -0.25) is 4.79 Å². The first-order chi connectivity index (χ1) is 13.0. The Balaban J connectivity index is 1.66. The lowest BCUT2D eigenvalue weighted by Crippen LogP contribution is -2.47. The molecule has 0 aromatic heterocycles. The van der Waals surface area contributed by atoms with Crippen molar-refractivity contribution in [2.75, 3.05) is 60.2 Å². The lowest BCUT2D eigenvalue weighted by Gasteiger charge is -2.42. The topological polar surface area (TPSA) is 42.0 Å². The molecule has 150 valence electrons. The number of ether oxygens (including phenoxy) is 2. The molecule has 2 aliphatic heterocycles. The third kappa shape index (κ3) is 4.33. The first-order valence-corrected chi connectivity index (χ1v) is 9.75. The van der Waals surface area contributed by atoms with Crippen LogP contribution in [0.4, 0.5) is 4.39 Å². The molecule has 0 bridgehead atoms. The van der Waals surface area contributed by atoms with Crippen molar-refractivity contribution in [3.05, 3.63) is 35.1 Å². The number of benzene rings is 1. The molecular weight excluding hydrogens is 347 g/mol. The lowest BCUT2D eigenvalue weighted by molar-refractivity contribution is 0.0320. The number of rotatable bonds is 6. The second kappa shape index (κ2) is 8.67. The Kier molecular flexibility index (Phi) is 6.50. The summed E-state index contributed by atoms with van der Waals surface area (Å²) in [7, 11) is 3.50. The molecule has 2 fully saturated rings. The summed E-state index contributed by atoms with van der Waals surface area (Å²) in [6, 6.07) is 4.40. The van der Waals surface area contributed by atoms with E-state index in [1.807, 2.05) is 4.90 Å². The molecule has 0 aliphatic carbocycles. The largest absolute Gasteiger partial charge is 0.384 e. The molecule has 1 aromatic rings. The molecule has 0 unspecified atom stereocenters. The maximum absolute atomic E-state index is 13.3. The predicted molar refractivity (Wildman–Crippen MR) is 102 cm³/mol. The molecule has 0 saturated carbocycles. The molecule has 3 rings (SSSR count). The molecule has 2 saturated heterocycles. The number of halogens is 1. The van der Waals surface area contributed by atoms with Crippen LogP contribution in [0.1, 0.15) is 28.8 Å². The van der Waals surface area contributed by atoms with Crippen LogP contribution in [-0.2, 0) is 9.47 Å². The molecule has 5 nitrogen and oxygen atoms in total. The first kappa shape index (κ1) is 20.2. The highest BCUT2D eigenvalue weighted by atomic mass is 19.1. The average molecular weight is 378 g/mol. The molecule has 27 heavy (non-hydrogen) atoms. The molecule has 1 aromatic carbocycles. The van der Waals surface area contributed by atoms with E-state index >= 15 is 0 Å². The number of nitrogens with zero attached hydrogens (tertiary/aromatic N) is 2. The van der Waals surface area contributed by atoms with Gasteiger partial charge in [0.15, 0.2) is 0 Å². The van der Waals surface area contributed by atoms with E-state index in [1.165, 1.54) is 12.1 Å². The fourth-order valence-corrected chi connectivity index (χ4v) is 4.72. The van der Waals surface area contributed by atoms with E-state index in [0.717, 1.165) is 58.8 Å². The number of hydrogen-bond acceptors (Lipinski definition) is 4. The van der Waals surface area contributed by atoms with Crippen LogP contribution in [0.25, 0.3) is 0 Å². The summed E-state index contributed by atoms with van der Waals surface area (Å²) >= 11 is 0. The van der Waals surface area contributed by atoms with Gasteiger partial charge in [-0.2, -0.15) is 0 Å². The molecule has 2 heterocycles. The van der Waals surface area contributed by atoms with Crippen LogP contribution in [0.3, 0.4) is 0 Å². The number of amides is 1. The van der Waals surface area contributed by atoms with Gasteiger partial charge in [0.2, 0.25) is 0 Å². The fourth-order valence-electron chi connectivity index (χ4n) is 4.72. The van der Waals surface area contributed by atoms with E-state index in [2.05, 4.69) is 4.90 Å². The third-order valence-electron chi connectivity index (χ3n) is 6.33. The lowest BCUT2D eigenvalue weighted by atomic mass is 9.71. The van der Waals surface area contributed by atoms with Gasteiger partial charge in [0.05, 0.1) is 13.2 Å². The van der Waals surface area contributed by atoms with Gasteiger partial charge < -0.3 is 19.3 Å². The maximum Gasteiger partial charge on any atom is 0.254 e. The van der Waals surface area contributed by atoms with E-state index < -0.39 is 0 Å². The smallest absolute Gasteiger partial charge is 0.254 e. The standard InChI is InChI=1S/C21H31FN2O3/c1-16-12-18(22)4-5-19(16)20(25)24-8-6-21(7-9-24)15-23(10-11-26-2)13-17(21)14-27-3/h4-5,12,17H,6-11,13-15H2,1-3H3/t17-/m0/s1. The Bertz CT molecular complexity index is 659. The zero-order valence-corrected chi connectivity index (χ0v) is 16.7. The summed E-state index contributed by atoms with van der Waals surface area (Å²) in [5.41, 5.74) is 1.51. The highest BCUT2D eigenvalue weighted by Gasteiger charge is 2.48. The summed E-state index contributed by atoms with van der Waals surface area (Å²) < 4.78 is 24.1. The number of carbonyl (C=O) groups is 1. The van der Waals surface area contributed by atoms with Gasteiger partial charge in [-0.1, -0.05) is 0 Å². The Labute approximate surface area is 161 Å². The average Bonchev–Trinajstić information content (AvgIpc) is 2.97. The van der Waals surface area contributed by atoms with Crippen molar-refractivity contribution in [1.82, 2.24) is 9.80 Å². The zero-order valence-electron chi connectivity index (χ0n) is 16.7. The Morgan fingerprint density at radius 2 is 2.00 bits per heavy atom. The number of hydrogen-bond donors (Lipinski definition) is 0. The second-order valence-corrected chi connectivity index (χ2v) is 7.99. The van der Waals surface area contributed by atoms with Crippen molar-refractivity contribution in [2.45, 2.75) is 19.8 Å². The van der Waals surface area contributed by atoms with Crippen molar-refractivity contribution < 1.29 is 18.7 Å². The van der Waals surface area contributed by atoms with Gasteiger partial charge in [-0.25, -0.2) is 4.39 Å². The van der Waals surface area contributed by atoms with Gasteiger partial charge in [0.25, 0.3) is 5.91 Å². The first-order valence-electron chi connectivity index (χ1n) is 9.75. The van der Waals surface area contributed by atoms with Crippen LogP contribution in [0.5, 0.6) is 0 Å². The quantitative estimate of drug-likeness (QED) is 0.763. The summed E-state index contributed by atoms with van der Waals surface area (Å²) in [6.07, 6.45) is 1.97. The van der Waals surface area contributed by atoms with Crippen molar-refractivity contribution in [3.63, 3.8) is 0 Å². The SMILES string of the molecule is COCCN1C[C@@H](COC)C2(CCN(C(=O)c3ccc(F)cc3C)CC2)C1. The van der Waals surface area contributed by atoms with Crippen LogP contribution in [0, 0.1) is 24.1 Å². The van der Waals surface area contributed by atoms with Crippen LogP contribution < -0.4 is 0 Å². The number of likely N-dealkylation sites (tertiary alicyclic amines) is 2. The van der Waals surface area contributed by atoms with Crippen molar-refractivity contribution in [1.29, 1.82) is 0 Å². The molecule has 6 heteroatoms. The third-order valence-corrected chi connectivity index (χ3v) is 6.33. The van der Waals surface area contributed by atoms with Gasteiger partial charge in [-0.15, -0.1) is 0 Å². The van der Waals surface area contributed by atoms with E-state index in [0.29, 0.717) is 17.0 Å². The Hall–Kier alpha value is -1.50. The van der Waals surface area contributed by atoms with Crippen LogP contribution in [0.15, 0.2) is 18.2 Å². The Morgan fingerprint density at radius 1 is 1.26 bits per heavy atom. The van der Waals surface area contributed by atoms with E-state index in [1.54, 1.807) is 27.2 Å². The summed E-state index contributed by atoms with van der Waals surface area (Å²) in [6.45, 7) is 7.79. The second-order valence-electron chi connectivity index (χ2n) is 7.99. The van der Waals surface area contributed by atoms with Gasteiger partial charge in [0.1, 0.15) is 5.82 Å². The van der Waals surface area contributed by atoms with E-state index in [4.69, 9.17) is 9.47 Å². The van der Waals surface area contributed by atoms with Crippen LogP contribution in [-0.4, -0.2) is 75.9 Å². The summed E-state index contributed by atoms with van der Waals surface area (Å²) in [4.78, 5) is 17.3. The van der Waals surface area contributed by atoms with Crippen molar-refractivity contribution in [2.24, 2.45) is 11.3 Å². The number of carbonyl (C=O) groups excluding carboxylic acids is 1.